The minimum Gasteiger partial charge on any atom is -0.384 e. The summed E-state index contributed by atoms with van der Waals surface area (Å²) in [7, 11) is 0. The van der Waals surface area contributed by atoms with Crippen molar-refractivity contribution in [3.8, 4) is 0 Å². The van der Waals surface area contributed by atoms with Crippen molar-refractivity contribution in [1.82, 2.24) is 15.3 Å². The normalized spacial score (nSPS) is 18.9. The summed E-state index contributed by atoms with van der Waals surface area (Å²) >= 11 is 0. The highest BCUT2D eigenvalue weighted by Crippen LogP contribution is 2.23. The predicted octanol–water partition coefficient (Wildman–Crippen LogP) is 3.36. The van der Waals surface area contributed by atoms with E-state index in [4.69, 9.17) is 5.73 Å². The lowest BCUT2D eigenvalue weighted by Gasteiger charge is -2.30. The van der Waals surface area contributed by atoms with Crippen LogP contribution in [0.4, 0.5) is 24.8 Å². The van der Waals surface area contributed by atoms with Gasteiger partial charge in [0.25, 0.3) is 5.91 Å². The molecule has 4 N–H and O–H groups in total. The fourth-order valence-electron chi connectivity index (χ4n) is 3.21. The smallest absolute Gasteiger partial charge is 0.251 e. The monoisotopic (exact) mass is 415 g/mol. The van der Waals surface area contributed by atoms with E-state index < -0.39 is 23.4 Å². The number of nitrogen functional groups attached to an aromatic ring is 1. The number of hydrogen-bond acceptors (Lipinski definition) is 5. The second-order valence-electron chi connectivity index (χ2n) is 6.65. The van der Waals surface area contributed by atoms with Gasteiger partial charge in [-0.1, -0.05) is 0 Å². The number of carbonyl (C=O) groups excluding carboxylic acids is 1. The van der Waals surface area contributed by atoms with Crippen molar-refractivity contribution >= 4 is 29.9 Å². The van der Waals surface area contributed by atoms with Gasteiger partial charge in [-0.05, 0) is 44.7 Å². The first-order valence-corrected chi connectivity index (χ1v) is 8.65. The quantitative estimate of drug-likeness (QED) is 0.666. The molecule has 152 valence electrons. The molecule has 1 heterocycles. The first-order valence-electron chi connectivity index (χ1n) is 8.65. The fraction of sp³-hybridized carbons (Fsp3) is 0.389. The Kier molecular flexibility index (Phi) is 7.06. The van der Waals surface area contributed by atoms with Crippen molar-refractivity contribution in [3.05, 3.63) is 47.0 Å². The summed E-state index contributed by atoms with van der Waals surface area (Å²) in [5, 5.41) is 6.05. The lowest BCUT2D eigenvalue weighted by atomic mass is 9.91. The molecule has 28 heavy (non-hydrogen) atoms. The zero-order valence-corrected chi connectivity index (χ0v) is 16.0. The standard InChI is InChI=1S/C18H20F3N5O.ClH/c1-9-23-15(22)8-16(24-9)25-11-2-4-12(5-3-11)26-18(27)10-6-13(19)17(21)14(20)7-10;/h6-8,11-12H,2-5H2,1H3,(H,26,27)(H3,22,23,24,25);1H. The van der Waals surface area contributed by atoms with Gasteiger partial charge >= 0.3 is 0 Å². The number of nitrogens with two attached hydrogens (primary N) is 1. The van der Waals surface area contributed by atoms with Crippen LogP contribution in [-0.4, -0.2) is 28.0 Å². The number of anilines is 2. The highest BCUT2D eigenvalue weighted by molar-refractivity contribution is 5.94. The number of nitrogens with zero attached hydrogens (tertiary/aromatic N) is 2. The molecule has 0 bridgehead atoms. The summed E-state index contributed by atoms with van der Waals surface area (Å²) in [5.41, 5.74) is 5.47. The van der Waals surface area contributed by atoms with Gasteiger partial charge in [-0.3, -0.25) is 4.79 Å². The Hall–Kier alpha value is -2.55. The Morgan fingerprint density at radius 1 is 1.04 bits per heavy atom. The number of benzene rings is 1. The Balaban J connectivity index is 0.00000280. The van der Waals surface area contributed by atoms with Gasteiger partial charge in [0.1, 0.15) is 17.5 Å². The van der Waals surface area contributed by atoms with Gasteiger partial charge < -0.3 is 16.4 Å². The Morgan fingerprint density at radius 2 is 1.61 bits per heavy atom. The van der Waals surface area contributed by atoms with Crippen molar-refractivity contribution in [3.63, 3.8) is 0 Å². The van der Waals surface area contributed by atoms with Gasteiger partial charge in [-0.2, -0.15) is 0 Å². The highest BCUT2D eigenvalue weighted by Gasteiger charge is 2.24. The molecular weight excluding hydrogens is 395 g/mol. The number of halogens is 4. The number of aromatic nitrogens is 2. The minimum absolute atomic E-state index is 0. The van der Waals surface area contributed by atoms with E-state index in [1.54, 1.807) is 13.0 Å². The van der Waals surface area contributed by atoms with Crippen LogP contribution in [0.5, 0.6) is 0 Å². The average Bonchev–Trinajstić information content (AvgIpc) is 2.60. The van der Waals surface area contributed by atoms with E-state index in [1.165, 1.54) is 0 Å². The molecule has 0 atom stereocenters. The first kappa shape index (κ1) is 21.7. The van der Waals surface area contributed by atoms with Crippen molar-refractivity contribution < 1.29 is 18.0 Å². The number of hydrogen-bond donors (Lipinski definition) is 3. The van der Waals surface area contributed by atoms with Crippen molar-refractivity contribution in [2.75, 3.05) is 11.1 Å². The molecule has 2 aromatic rings. The third kappa shape index (κ3) is 5.25. The average molecular weight is 416 g/mol. The van der Waals surface area contributed by atoms with Gasteiger partial charge in [0.05, 0.1) is 0 Å². The van der Waals surface area contributed by atoms with Crippen LogP contribution >= 0.6 is 12.4 Å². The molecule has 10 heteroatoms. The first-order chi connectivity index (χ1) is 12.8. The molecule has 0 spiro atoms. The second kappa shape index (κ2) is 9.09. The highest BCUT2D eigenvalue weighted by atomic mass is 35.5. The van der Waals surface area contributed by atoms with Gasteiger partial charge in [-0.25, -0.2) is 23.1 Å². The molecule has 0 saturated heterocycles. The van der Waals surface area contributed by atoms with E-state index in [9.17, 15) is 18.0 Å². The molecule has 1 fully saturated rings. The number of amides is 1. The number of aryl methyl sites for hydroxylation is 1. The zero-order valence-electron chi connectivity index (χ0n) is 15.1. The topological polar surface area (TPSA) is 92.9 Å². The van der Waals surface area contributed by atoms with E-state index in [2.05, 4.69) is 20.6 Å². The van der Waals surface area contributed by atoms with Gasteiger partial charge in [0.15, 0.2) is 17.5 Å². The molecular formula is C18H21ClF3N5O. The Morgan fingerprint density at radius 3 is 2.18 bits per heavy atom. The van der Waals surface area contributed by atoms with Crippen molar-refractivity contribution in [2.45, 2.75) is 44.7 Å². The van der Waals surface area contributed by atoms with Crippen molar-refractivity contribution in [2.24, 2.45) is 0 Å². The maximum absolute atomic E-state index is 13.3. The summed E-state index contributed by atoms with van der Waals surface area (Å²) in [6.45, 7) is 1.76. The zero-order chi connectivity index (χ0) is 19.6. The van der Waals surface area contributed by atoms with Crippen LogP contribution in [0.25, 0.3) is 0 Å². The van der Waals surface area contributed by atoms with Gasteiger partial charge in [-0.15, -0.1) is 12.4 Å². The van der Waals surface area contributed by atoms with Crippen LogP contribution in [0, 0.1) is 24.4 Å². The molecule has 6 nitrogen and oxygen atoms in total. The molecule has 0 radical (unpaired) electrons. The van der Waals surface area contributed by atoms with Crippen LogP contribution in [0.1, 0.15) is 41.9 Å². The number of rotatable bonds is 4. The predicted molar refractivity (Wildman–Crippen MR) is 102 cm³/mol. The molecule has 0 aliphatic heterocycles. The van der Waals surface area contributed by atoms with Crippen LogP contribution in [0.15, 0.2) is 18.2 Å². The number of nitrogens with one attached hydrogen (secondary N) is 2. The summed E-state index contributed by atoms with van der Waals surface area (Å²) in [4.78, 5) is 20.5. The van der Waals surface area contributed by atoms with Crippen LogP contribution < -0.4 is 16.4 Å². The summed E-state index contributed by atoms with van der Waals surface area (Å²) in [5.74, 6) is -3.34. The molecule has 1 aromatic carbocycles. The minimum atomic E-state index is -1.58. The fourth-order valence-corrected chi connectivity index (χ4v) is 3.21. The van der Waals surface area contributed by atoms with Crippen LogP contribution in [-0.2, 0) is 0 Å². The molecule has 3 rings (SSSR count). The number of carbonyl (C=O) groups is 1. The summed E-state index contributed by atoms with van der Waals surface area (Å²) in [6, 6.07) is 3.11. The van der Waals surface area contributed by atoms with E-state index in [0.717, 1.165) is 12.8 Å². The van der Waals surface area contributed by atoms with Crippen LogP contribution in [0.2, 0.25) is 0 Å². The third-order valence-electron chi connectivity index (χ3n) is 4.52. The Labute approximate surface area is 166 Å². The second-order valence-corrected chi connectivity index (χ2v) is 6.65. The molecule has 1 saturated carbocycles. The molecule has 1 amide bonds. The lowest BCUT2D eigenvalue weighted by Crippen LogP contribution is -2.40. The molecule has 0 unspecified atom stereocenters. The van der Waals surface area contributed by atoms with E-state index >= 15 is 0 Å². The lowest BCUT2D eigenvalue weighted by molar-refractivity contribution is 0.0925. The maximum Gasteiger partial charge on any atom is 0.251 e. The summed E-state index contributed by atoms with van der Waals surface area (Å²) < 4.78 is 39.5. The van der Waals surface area contributed by atoms with E-state index in [-0.39, 0.29) is 30.1 Å². The van der Waals surface area contributed by atoms with Gasteiger partial charge in [0, 0.05) is 23.7 Å². The van der Waals surface area contributed by atoms with E-state index in [0.29, 0.717) is 42.4 Å². The molecule has 1 aromatic heterocycles. The summed E-state index contributed by atoms with van der Waals surface area (Å²) in [6.07, 6.45) is 2.93. The van der Waals surface area contributed by atoms with Crippen LogP contribution in [0.3, 0.4) is 0 Å². The molecule has 1 aliphatic rings. The maximum atomic E-state index is 13.3. The van der Waals surface area contributed by atoms with Gasteiger partial charge in [0.2, 0.25) is 0 Å². The van der Waals surface area contributed by atoms with E-state index in [1.807, 2.05) is 0 Å². The molecule has 1 aliphatic carbocycles. The SMILES string of the molecule is Cc1nc(N)cc(NC2CCC(NC(=O)c3cc(F)c(F)c(F)c3)CC2)n1.Cl. The van der Waals surface area contributed by atoms with Crippen molar-refractivity contribution in [1.29, 1.82) is 0 Å². The Bertz CT molecular complexity index is 816. The largest absolute Gasteiger partial charge is 0.384 e. The third-order valence-corrected chi connectivity index (χ3v) is 4.52.